The summed E-state index contributed by atoms with van der Waals surface area (Å²) in [4.78, 5) is 12.1. The molecule has 0 heterocycles. The second-order valence-electron chi connectivity index (χ2n) is 5.14. The van der Waals surface area contributed by atoms with Crippen molar-refractivity contribution in [1.82, 2.24) is 5.32 Å². The van der Waals surface area contributed by atoms with Gasteiger partial charge in [-0.3, -0.25) is 4.79 Å². The fourth-order valence-corrected chi connectivity index (χ4v) is 2.53. The maximum Gasteiger partial charge on any atom is 0.252 e. The summed E-state index contributed by atoms with van der Waals surface area (Å²) in [6.45, 7) is 2.83. The number of aliphatic hydroxyl groups excluding tert-OH is 1. The average molecular weight is 312 g/mol. The van der Waals surface area contributed by atoms with Gasteiger partial charge in [0.1, 0.15) is 0 Å². The van der Waals surface area contributed by atoms with Crippen molar-refractivity contribution in [2.24, 2.45) is 5.41 Å². The van der Waals surface area contributed by atoms with Gasteiger partial charge in [-0.15, -0.1) is 0 Å². The molecule has 0 saturated heterocycles. The predicted octanol–water partition coefficient (Wildman–Crippen LogP) is 2.65. The third-order valence-corrected chi connectivity index (χ3v) is 4.28. The Morgan fingerprint density at radius 2 is 2.22 bits per heavy atom. The van der Waals surface area contributed by atoms with E-state index in [0.29, 0.717) is 12.1 Å². The van der Waals surface area contributed by atoms with Crippen LogP contribution in [0.4, 0.5) is 0 Å². The molecule has 1 aliphatic rings. The lowest BCUT2D eigenvalue weighted by Gasteiger charge is -2.15. The quantitative estimate of drug-likeness (QED) is 0.878. The number of hydrogen-bond acceptors (Lipinski definition) is 2. The summed E-state index contributed by atoms with van der Waals surface area (Å²) in [5, 5.41) is 12.0. The minimum absolute atomic E-state index is 0.0465. The first-order chi connectivity index (χ1) is 8.56. The minimum Gasteiger partial charge on any atom is -0.396 e. The van der Waals surface area contributed by atoms with Crippen LogP contribution < -0.4 is 5.32 Å². The second-order valence-corrected chi connectivity index (χ2v) is 5.99. The molecule has 18 heavy (non-hydrogen) atoms. The van der Waals surface area contributed by atoms with Gasteiger partial charge in [-0.25, -0.2) is 0 Å². The van der Waals surface area contributed by atoms with E-state index in [-0.39, 0.29) is 17.9 Å². The first kappa shape index (κ1) is 13.6. The van der Waals surface area contributed by atoms with E-state index in [1.54, 1.807) is 0 Å². The van der Waals surface area contributed by atoms with Gasteiger partial charge in [0.2, 0.25) is 0 Å². The highest BCUT2D eigenvalue weighted by Crippen LogP contribution is 2.47. The smallest absolute Gasteiger partial charge is 0.252 e. The largest absolute Gasteiger partial charge is 0.396 e. The van der Waals surface area contributed by atoms with Crippen molar-refractivity contribution in [2.75, 3.05) is 13.2 Å². The third-order valence-electron chi connectivity index (χ3n) is 3.59. The van der Waals surface area contributed by atoms with Crippen LogP contribution in [0.15, 0.2) is 22.7 Å². The maximum absolute atomic E-state index is 12.1. The van der Waals surface area contributed by atoms with E-state index in [1.807, 2.05) is 25.1 Å². The van der Waals surface area contributed by atoms with E-state index < -0.39 is 0 Å². The summed E-state index contributed by atoms with van der Waals surface area (Å²) in [5.74, 6) is -0.0465. The monoisotopic (exact) mass is 311 g/mol. The van der Waals surface area contributed by atoms with E-state index in [1.165, 1.54) is 0 Å². The number of rotatable bonds is 5. The van der Waals surface area contributed by atoms with Crippen molar-refractivity contribution in [3.05, 3.63) is 33.8 Å². The van der Waals surface area contributed by atoms with Crippen molar-refractivity contribution >= 4 is 21.8 Å². The Morgan fingerprint density at radius 3 is 2.83 bits per heavy atom. The van der Waals surface area contributed by atoms with Crippen molar-refractivity contribution in [3.8, 4) is 0 Å². The van der Waals surface area contributed by atoms with Gasteiger partial charge in [0, 0.05) is 17.6 Å². The Kier molecular flexibility index (Phi) is 4.07. The van der Waals surface area contributed by atoms with Crippen molar-refractivity contribution < 1.29 is 9.90 Å². The molecule has 2 N–H and O–H groups in total. The van der Waals surface area contributed by atoms with Gasteiger partial charge in [-0.1, -0.05) is 11.6 Å². The van der Waals surface area contributed by atoms with E-state index in [9.17, 15) is 4.79 Å². The summed E-state index contributed by atoms with van der Waals surface area (Å²) in [5.41, 5.74) is 1.90. The van der Waals surface area contributed by atoms with Gasteiger partial charge in [0.15, 0.2) is 0 Å². The molecule has 1 aromatic rings. The van der Waals surface area contributed by atoms with Gasteiger partial charge < -0.3 is 10.4 Å². The van der Waals surface area contributed by atoms with Crippen LogP contribution in [0, 0.1) is 12.3 Å². The lowest BCUT2D eigenvalue weighted by Crippen LogP contribution is -2.31. The van der Waals surface area contributed by atoms with Gasteiger partial charge in [0.25, 0.3) is 5.91 Å². The fourth-order valence-electron chi connectivity index (χ4n) is 2.11. The van der Waals surface area contributed by atoms with E-state index in [0.717, 1.165) is 29.3 Å². The number of aryl methyl sites for hydroxylation is 1. The highest BCUT2D eigenvalue weighted by Gasteiger charge is 2.41. The standard InChI is InChI=1S/C14H18BrNO2/c1-10-2-3-12(15)11(8-10)13(18)16-9-14(4-5-14)6-7-17/h2-3,8,17H,4-7,9H2,1H3,(H,16,18). The molecule has 0 atom stereocenters. The van der Waals surface area contributed by atoms with Crippen molar-refractivity contribution in [3.63, 3.8) is 0 Å². The Hall–Kier alpha value is -0.870. The molecule has 0 unspecified atom stereocenters. The minimum atomic E-state index is -0.0465. The Bertz CT molecular complexity index is 455. The zero-order valence-corrected chi connectivity index (χ0v) is 12.1. The van der Waals surface area contributed by atoms with Crippen LogP contribution >= 0.6 is 15.9 Å². The van der Waals surface area contributed by atoms with E-state index in [4.69, 9.17) is 5.11 Å². The van der Waals surface area contributed by atoms with Crippen LogP contribution in [0.3, 0.4) is 0 Å². The Morgan fingerprint density at radius 1 is 1.50 bits per heavy atom. The molecule has 1 fully saturated rings. The van der Waals surface area contributed by atoms with Crippen molar-refractivity contribution in [1.29, 1.82) is 0 Å². The summed E-state index contributed by atoms with van der Waals surface area (Å²) in [6.07, 6.45) is 2.98. The number of carbonyl (C=O) groups is 1. The van der Waals surface area contributed by atoms with Crippen LogP contribution in [0.2, 0.25) is 0 Å². The first-order valence-corrected chi connectivity index (χ1v) is 7.01. The number of hydrogen-bond donors (Lipinski definition) is 2. The second kappa shape index (κ2) is 5.41. The SMILES string of the molecule is Cc1ccc(Br)c(C(=O)NCC2(CCO)CC2)c1. The molecule has 1 saturated carbocycles. The molecule has 2 rings (SSSR count). The van der Waals surface area contributed by atoms with Gasteiger partial charge >= 0.3 is 0 Å². The molecule has 1 aromatic carbocycles. The van der Waals surface area contributed by atoms with Crippen LogP contribution in [0.25, 0.3) is 0 Å². The summed E-state index contributed by atoms with van der Waals surface area (Å²) in [7, 11) is 0. The maximum atomic E-state index is 12.1. The molecule has 1 aliphatic carbocycles. The van der Waals surface area contributed by atoms with E-state index >= 15 is 0 Å². The van der Waals surface area contributed by atoms with Gasteiger partial charge in [-0.2, -0.15) is 0 Å². The lowest BCUT2D eigenvalue weighted by molar-refractivity contribution is 0.0940. The molecule has 0 bridgehead atoms. The summed E-state index contributed by atoms with van der Waals surface area (Å²) in [6, 6.07) is 5.74. The Labute approximate surface area is 116 Å². The average Bonchev–Trinajstić information content (AvgIpc) is 3.10. The summed E-state index contributed by atoms with van der Waals surface area (Å²) >= 11 is 3.40. The summed E-state index contributed by atoms with van der Waals surface area (Å²) < 4.78 is 0.817. The molecule has 0 spiro atoms. The topological polar surface area (TPSA) is 49.3 Å². The normalized spacial score (nSPS) is 16.4. The number of amides is 1. The van der Waals surface area contributed by atoms with Gasteiger partial charge in [0.05, 0.1) is 5.56 Å². The van der Waals surface area contributed by atoms with Crippen LogP contribution in [0.5, 0.6) is 0 Å². The number of aliphatic hydroxyl groups is 1. The number of halogens is 1. The molecule has 3 nitrogen and oxygen atoms in total. The molecule has 0 aliphatic heterocycles. The zero-order valence-electron chi connectivity index (χ0n) is 10.5. The molecule has 0 aromatic heterocycles. The molecular formula is C14H18BrNO2. The third kappa shape index (κ3) is 3.12. The number of benzene rings is 1. The predicted molar refractivity (Wildman–Crippen MR) is 74.6 cm³/mol. The van der Waals surface area contributed by atoms with Crippen LogP contribution in [-0.4, -0.2) is 24.2 Å². The van der Waals surface area contributed by atoms with Gasteiger partial charge in [-0.05, 0) is 59.7 Å². The fraction of sp³-hybridized carbons (Fsp3) is 0.500. The highest BCUT2D eigenvalue weighted by atomic mass is 79.9. The van der Waals surface area contributed by atoms with Crippen LogP contribution in [0.1, 0.15) is 35.2 Å². The molecule has 1 amide bonds. The van der Waals surface area contributed by atoms with E-state index in [2.05, 4.69) is 21.2 Å². The molecule has 98 valence electrons. The zero-order chi connectivity index (χ0) is 13.2. The number of carbonyl (C=O) groups excluding carboxylic acids is 1. The molecular weight excluding hydrogens is 294 g/mol. The molecule has 4 heteroatoms. The Balaban J connectivity index is 1.98. The first-order valence-electron chi connectivity index (χ1n) is 6.22. The lowest BCUT2D eigenvalue weighted by atomic mass is 10.0. The van der Waals surface area contributed by atoms with Crippen molar-refractivity contribution in [2.45, 2.75) is 26.2 Å². The van der Waals surface area contributed by atoms with Crippen LogP contribution in [-0.2, 0) is 0 Å². The number of nitrogens with one attached hydrogen (secondary N) is 1. The highest BCUT2D eigenvalue weighted by molar-refractivity contribution is 9.10. The molecule has 0 radical (unpaired) electrons.